The average Bonchev–Trinajstić information content (AvgIpc) is 3.45. The van der Waals surface area contributed by atoms with Crippen molar-refractivity contribution >= 4 is 52.6 Å². The fourth-order valence-electron chi connectivity index (χ4n) is 6.59. The van der Waals surface area contributed by atoms with Crippen LogP contribution in [0.3, 0.4) is 0 Å². The maximum Gasteiger partial charge on any atom is 0.326 e. The van der Waals surface area contributed by atoms with E-state index in [1.54, 1.807) is 30.5 Å². The summed E-state index contributed by atoms with van der Waals surface area (Å²) < 4.78 is 0. The summed E-state index contributed by atoms with van der Waals surface area (Å²) in [5.41, 5.74) is 16.9. The molecule has 5 rings (SSSR count). The molecule has 8 N–H and O–H groups in total. The number of aliphatic carboxylic acids is 1. The largest absolute Gasteiger partial charge is 0.480 e. The lowest BCUT2D eigenvalue weighted by molar-refractivity contribution is -0.189. The number of aliphatic hydroxyl groups excluding tert-OH is 1. The van der Waals surface area contributed by atoms with Gasteiger partial charge in [0.2, 0.25) is 11.9 Å². The van der Waals surface area contributed by atoms with Gasteiger partial charge in [-0.05, 0) is 55.0 Å². The van der Waals surface area contributed by atoms with Crippen molar-refractivity contribution in [1.82, 2.24) is 35.7 Å². The van der Waals surface area contributed by atoms with Gasteiger partial charge in [0.1, 0.15) is 12.1 Å². The zero-order valence-corrected chi connectivity index (χ0v) is 30.6. The number of carboxylic acid groups (broad SMARTS) is 1. The Balaban J connectivity index is 1.12. The number of carboxylic acids is 1. The molecule has 54 heavy (non-hydrogen) atoms. The van der Waals surface area contributed by atoms with E-state index in [0.29, 0.717) is 48.7 Å². The van der Waals surface area contributed by atoms with Crippen molar-refractivity contribution in [3.05, 3.63) is 77.6 Å². The minimum atomic E-state index is -1.31. The van der Waals surface area contributed by atoms with Crippen molar-refractivity contribution in [2.45, 2.75) is 76.7 Å². The van der Waals surface area contributed by atoms with Crippen LogP contribution in [0.15, 0.2) is 65.9 Å². The Morgan fingerprint density at radius 1 is 1.11 bits per heavy atom. The van der Waals surface area contributed by atoms with Crippen molar-refractivity contribution in [1.29, 1.82) is 0 Å². The minimum absolute atomic E-state index is 0.000969. The molecule has 1 aliphatic heterocycles. The van der Waals surface area contributed by atoms with E-state index in [1.165, 1.54) is 6.21 Å². The topological polar surface area (TPSA) is 247 Å². The van der Waals surface area contributed by atoms with Gasteiger partial charge in [-0.1, -0.05) is 44.2 Å². The monoisotopic (exact) mass is 741 g/mol. The van der Waals surface area contributed by atoms with E-state index in [4.69, 9.17) is 16.3 Å². The van der Waals surface area contributed by atoms with Gasteiger partial charge in [-0.2, -0.15) is 20.1 Å². The van der Waals surface area contributed by atoms with Gasteiger partial charge in [0.15, 0.2) is 17.0 Å². The van der Waals surface area contributed by atoms with Crippen molar-refractivity contribution in [3.8, 4) is 0 Å². The number of carbonyl (C=O) groups is 3. The van der Waals surface area contributed by atoms with E-state index in [1.807, 2.05) is 47.3 Å². The second kappa shape index (κ2) is 17.8. The number of carbonyl (C=O) groups excluding carboxylic acids is 2. The number of hydrogen-bond acceptors (Lipinski definition) is 14. The van der Waals surface area contributed by atoms with Crippen LogP contribution >= 0.6 is 0 Å². The van der Waals surface area contributed by atoms with Gasteiger partial charge in [0.05, 0.1) is 30.2 Å². The van der Waals surface area contributed by atoms with E-state index in [-0.39, 0.29) is 36.8 Å². The number of nitrogens with zero attached hydrogens (tertiary/aromatic N) is 7. The van der Waals surface area contributed by atoms with Crippen molar-refractivity contribution in [2.75, 3.05) is 30.0 Å². The number of rotatable bonds is 17. The lowest BCUT2D eigenvalue weighted by Crippen LogP contribution is -2.44. The number of nitrogen functional groups attached to an aromatic ring is 2. The molecule has 0 aliphatic carbocycles. The molecule has 17 heteroatoms. The normalized spacial score (nSPS) is 17.9. The molecule has 3 atom stereocenters. The smallest absolute Gasteiger partial charge is 0.326 e. The number of hydroxylamine groups is 2. The molecule has 1 aliphatic rings. The molecule has 286 valence electrons. The van der Waals surface area contributed by atoms with Gasteiger partial charge in [-0.25, -0.2) is 20.2 Å². The average molecular weight is 742 g/mol. The van der Waals surface area contributed by atoms with Gasteiger partial charge < -0.3 is 31.9 Å². The molecule has 0 spiro atoms. The third-order valence-corrected chi connectivity index (χ3v) is 9.07. The number of hydrogen-bond donors (Lipinski definition) is 6. The summed E-state index contributed by atoms with van der Waals surface area (Å²) in [4.78, 5) is 62.5. The second-order valence-electron chi connectivity index (χ2n) is 13.8. The van der Waals surface area contributed by atoms with Crippen LogP contribution in [0.25, 0.3) is 11.2 Å². The van der Waals surface area contributed by atoms with E-state index in [0.717, 1.165) is 17.7 Å². The number of nitrogens with one attached hydrogen (secondary N) is 2. The van der Waals surface area contributed by atoms with Crippen LogP contribution in [-0.4, -0.2) is 90.5 Å². The van der Waals surface area contributed by atoms with Crippen molar-refractivity contribution in [2.24, 2.45) is 11.0 Å². The first kappa shape index (κ1) is 39.4. The molecule has 0 saturated carbocycles. The molecule has 2 amide bonds. The molecule has 0 unspecified atom stereocenters. The summed E-state index contributed by atoms with van der Waals surface area (Å²) in [5, 5.41) is 28.3. The van der Waals surface area contributed by atoms with E-state index in [2.05, 4.69) is 49.6 Å². The van der Waals surface area contributed by atoms with Gasteiger partial charge in [0.25, 0.3) is 5.91 Å². The van der Waals surface area contributed by atoms with Gasteiger partial charge in [0, 0.05) is 44.3 Å². The number of aromatic nitrogens is 4. The second-order valence-corrected chi connectivity index (χ2v) is 13.8. The molecule has 1 fully saturated rings. The molecular weight excluding hydrogens is 694 g/mol. The van der Waals surface area contributed by atoms with Gasteiger partial charge in [-0.15, -0.1) is 0 Å². The van der Waals surface area contributed by atoms with Crippen LogP contribution in [-0.2, 0) is 27.5 Å². The Labute approximate surface area is 312 Å². The molecule has 2 aromatic carbocycles. The van der Waals surface area contributed by atoms with Crippen LogP contribution in [0.2, 0.25) is 0 Å². The molecular formula is C37H47N11O6. The van der Waals surface area contributed by atoms with Gasteiger partial charge in [-0.3, -0.25) is 14.4 Å². The van der Waals surface area contributed by atoms with E-state index < -0.39 is 35.5 Å². The first-order chi connectivity index (χ1) is 25.9. The Bertz CT molecular complexity index is 1950. The summed E-state index contributed by atoms with van der Waals surface area (Å²) in [6.45, 7) is 5.13. The molecule has 3 heterocycles. The summed E-state index contributed by atoms with van der Waals surface area (Å²) in [6.07, 6.45) is 4.17. The summed E-state index contributed by atoms with van der Waals surface area (Å²) >= 11 is 0. The predicted octanol–water partition coefficient (Wildman–Crippen LogP) is 2.66. The Morgan fingerprint density at radius 2 is 1.85 bits per heavy atom. The first-order valence-electron chi connectivity index (χ1n) is 17.7. The third kappa shape index (κ3) is 10.2. The van der Waals surface area contributed by atoms with Crippen LogP contribution in [0, 0.1) is 5.92 Å². The van der Waals surface area contributed by atoms with E-state index >= 15 is 0 Å². The van der Waals surface area contributed by atoms with Crippen LogP contribution in [0.4, 0.5) is 17.5 Å². The SMILES string of the molecule is CC(C)C[C@@]1(CCO)C[C@@H](/C=N/NC(=O)CC[C@H](NC(=O)c2ccc(N(C)Cc3cnc4nc(N)nc(N)c4n3)cc2)C(=O)O)ON1Cc1ccccc1. The number of aliphatic hydroxyl groups is 1. The Morgan fingerprint density at radius 3 is 2.54 bits per heavy atom. The number of benzene rings is 2. The highest BCUT2D eigenvalue weighted by molar-refractivity contribution is 5.97. The Kier molecular flexibility index (Phi) is 13.0. The summed E-state index contributed by atoms with van der Waals surface area (Å²) in [5.74, 6) is -1.91. The maximum atomic E-state index is 13.0. The van der Waals surface area contributed by atoms with Crippen LogP contribution in [0.1, 0.15) is 67.6 Å². The summed E-state index contributed by atoms with van der Waals surface area (Å²) in [7, 11) is 1.83. The molecule has 0 radical (unpaired) electrons. The predicted molar refractivity (Wildman–Crippen MR) is 203 cm³/mol. The molecule has 1 saturated heterocycles. The molecule has 4 aromatic rings. The fraction of sp³-hybridized carbons (Fsp3) is 0.405. The maximum absolute atomic E-state index is 13.0. The number of anilines is 3. The molecule has 2 aromatic heterocycles. The number of amides is 2. The van der Waals surface area contributed by atoms with Crippen LogP contribution in [0.5, 0.6) is 0 Å². The lowest BCUT2D eigenvalue weighted by Gasteiger charge is -2.37. The quantitative estimate of drug-likeness (QED) is 0.0673. The van der Waals surface area contributed by atoms with Crippen molar-refractivity contribution < 1.29 is 29.4 Å². The standard InChI is InChI=1S/C37H47N11O6/c1-23(2)17-37(15-16-49)18-28(54-48(37)21-24-7-5-4-6-8-24)20-41-46-30(50)14-13-29(35(52)53)43-34(51)25-9-11-27(12-10-25)47(3)22-26-19-40-33-31(42-26)32(38)44-36(39)45-33/h4-12,19-20,23,28-29,49H,13-18,21-22H2,1-3H3,(H,43,51)(H,46,50)(H,52,53)(H4,38,39,40,44,45)/b41-20+/t28-,29-,37-/m0/s1. The molecule has 0 bridgehead atoms. The fourth-order valence-corrected chi connectivity index (χ4v) is 6.59. The highest BCUT2D eigenvalue weighted by Gasteiger charge is 2.46. The number of hydrazone groups is 1. The van der Waals surface area contributed by atoms with E-state index in [9.17, 15) is 24.6 Å². The van der Waals surface area contributed by atoms with Crippen molar-refractivity contribution in [3.63, 3.8) is 0 Å². The number of fused-ring (bicyclic) bond motifs is 1. The first-order valence-corrected chi connectivity index (χ1v) is 17.7. The third-order valence-electron chi connectivity index (χ3n) is 9.07. The van der Waals surface area contributed by atoms with Crippen LogP contribution < -0.4 is 27.1 Å². The number of nitrogens with two attached hydrogens (primary N) is 2. The molecule has 17 nitrogen and oxygen atoms in total. The zero-order valence-electron chi connectivity index (χ0n) is 30.6. The lowest BCUT2D eigenvalue weighted by atomic mass is 9.82. The highest BCUT2D eigenvalue weighted by atomic mass is 16.7. The van der Waals surface area contributed by atoms with Gasteiger partial charge >= 0.3 is 5.97 Å². The highest BCUT2D eigenvalue weighted by Crippen LogP contribution is 2.40. The summed E-state index contributed by atoms with van der Waals surface area (Å²) in [6, 6.07) is 15.2. The minimum Gasteiger partial charge on any atom is -0.480 e. The Hall–Kier alpha value is -5.78. The zero-order chi connectivity index (χ0) is 38.8.